The van der Waals surface area contributed by atoms with Crippen LogP contribution in [-0.4, -0.2) is 68.5 Å². The van der Waals surface area contributed by atoms with E-state index in [-0.39, 0.29) is 56.7 Å². The van der Waals surface area contributed by atoms with E-state index in [9.17, 15) is 14.7 Å². The van der Waals surface area contributed by atoms with Crippen molar-refractivity contribution in [1.82, 2.24) is 20.2 Å². The molecule has 0 aromatic carbocycles. The molecule has 1 aromatic rings. The number of nitrogens with two attached hydrogens (primary N) is 1. The number of carboxylic acid groups (broad SMARTS) is 1. The Balaban J connectivity index is 1.47. The Morgan fingerprint density at radius 2 is 1.76 bits per heavy atom. The van der Waals surface area contributed by atoms with Crippen molar-refractivity contribution < 1.29 is 24.2 Å². The molecule has 2 saturated carbocycles. The van der Waals surface area contributed by atoms with Gasteiger partial charge in [0.1, 0.15) is 6.04 Å². The van der Waals surface area contributed by atoms with E-state index in [0.29, 0.717) is 50.4 Å². The van der Waals surface area contributed by atoms with Crippen molar-refractivity contribution in [2.45, 2.75) is 145 Å². The molecule has 5 aliphatic rings. The Bertz CT molecular complexity index is 1530. The molecule has 2 heterocycles. The van der Waals surface area contributed by atoms with Gasteiger partial charge in [-0.1, -0.05) is 80.4 Å². The average Bonchev–Trinajstić information content (AvgIpc) is 3.54. The number of ketones is 1. The van der Waals surface area contributed by atoms with Crippen molar-refractivity contribution >= 4 is 11.8 Å². The number of hydrogen-bond acceptors (Lipinski definition) is 8. The summed E-state index contributed by atoms with van der Waals surface area (Å²) in [6.45, 7) is 25.7. The van der Waals surface area contributed by atoms with E-state index >= 15 is 0 Å². The Labute approximate surface area is 300 Å². The molecule has 10 heteroatoms. The van der Waals surface area contributed by atoms with Crippen LogP contribution in [0.1, 0.15) is 144 Å². The molecule has 50 heavy (non-hydrogen) atoms. The summed E-state index contributed by atoms with van der Waals surface area (Å²) < 4.78 is 13.7. The van der Waals surface area contributed by atoms with E-state index < -0.39 is 17.4 Å². The molecule has 280 valence electrons. The molecule has 1 aromatic heterocycles. The van der Waals surface area contributed by atoms with Gasteiger partial charge in [-0.25, -0.2) is 0 Å². The van der Waals surface area contributed by atoms with Gasteiger partial charge in [-0.15, -0.1) is 10.2 Å². The summed E-state index contributed by atoms with van der Waals surface area (Å²) in [6, 6.07) is -0.268. The second kappa shape index (κ2) is 12.5. The van der Waals surface area contributed by atoms with Crippen LogP contribution < -0.4 is 5.73 Å². The van der Waals surface area contributed by atoms with Gasteiger partial charge in [0.05, 0.1) is 31.8 Å². The van der Waals surface area contributed by atoms with Crippen LogP contribution in [0, 0.1) is 56.7 Å². The normalized spacial score (nSPS) is 41.6. The zero-order valence-corrected chi connectivity index (χ0v) is 32.8. The molecule has 2 bridgehead atoms. The van der Waals surface area contributed by atoms with Crippen LogP contribution in [0.2, 0.25) is 0 Å². The van der Waals surface area contributed by atoms with E-state index in [4.69, 9.17) is 20.3 Å². The summed E-state index contributed by atoms with van der Waals surface area (Å²) in [5.41, 5.74) is 7.71. The number of carbonyl (C=O) groups is 2. The summed E-state index contributed by atoms with van der Waals surface area (Å²) in [7, 11) is 0. The largest absolute Gasteiger partial charge is 0.481 e. The minimum atomic E-state index is -0.640. The lowest BCUT2D eigenvalue weighted by Crippen LogP contribution is -2.67. The van der Waals surface area contributed by atoms with Gasteiger partial charge in [0.15, 0.2) is 0 Å². The van der Waals surface area contributed by atoms with Gasteiger partial charge in [-0.05, 0) is 97.0 Å². The molecule has 10 nitrogen and oxygen atoms in total. The zero-order valence-electron chi connectivity index (χ0n) is 32.8. The van der Waals surface area contributed by atoms with Gasteiger partial charge >= 0.3 is 5.97 Å². The number of nitrogens with zero attached hydrogens (tertiary/aromatic N) is 4. The molecule has 11 atom stereocenters. The molecular formula is C40H65N5O5. The standard InChI is InChI=1S/C40H65N5O5/c1-12-29(46)33-42-44-45(43-33)28-19-40-22-49-20-36(8,32(28)50-21-39(11,41)24(4)5)30(40)14-13-26-27(40)15-16-38(10)31(34(47)48)35(7,25(6)23(2)3)17-18-37(26,38)9/h23-25,28,30-32H,12-22,41H2,1-11H3,(H,47,48)/t25-,28-,30+,31-,32+,35-,36-,37+,38+,39+,40+/m1/s1. The number of Topliss-reactive ketones (excluding diaryl/α,β-unsaturated/α-hetero) is 1. The smallest absolute Gasteiger partial charge is 0.307 e. The van der Waals surface area contributed by atoms with Crippen LogP contribution in [0.15, 0.2) is 11.1 Å². The third kappa shape index (κ3) is 5.22. The molecule has 1 saturated heterocycles. The van der Waals surface area contributed by atoms with Gasteiger partial charge in [-0.2, -0.15) is 4.80 Å². The second-order valence-electron chi connectivity index (χ2n) is 19.1. The molecule has 3 N–H and O–H groups in total. The highest BCUT2D eigenvalue weighted by Crippen LogP contribution is 2.75. The Morgan fingerprint density at radius 1 is 1.06 bits per heavy atom. The molecule has 6 rings (SSSR count). The fourth-order valence-electron chi connectivity index (χ4n) is 12.1. The third-order valence-electron chi connectivity index (χ3n) is 16.2. The molecule has 0 spiro atoms. The third-order valence-corrected chi connectivity index (χ3v) is 16.2. The minimum absolute atomic E-state index is 0.129. The first-order chi connectivity index (χ1) is 23.2. The number of carbonyl (C=O) groups excluding carboxylic acids is 1. The minimum Gasteiger partial charge on any atom is -0.481 e. The Kier molecular flexibility index (Phi) is 9.37. The summed E-state index contributed by atoms with van der Waals surface area (Å²) in [4.78, 5) is 27.8. The van der Waals surface area contributed by atoms with Crippen molar-refractivity contribution in [2.75, 3.05) is 19.8 Å². The topological polar surface area (TPSA) is 142 Å². The number of carboxylic acids is 1. The van der Waals surface area contributed by atoms with Crippen molar-refractivity contribution in [3.8, 4) is 0 Å². The van der Waals surface area contributed by atoms with Crippen LogP contribution in [-0.2, 0) is 14.3 Å². The number of aliphatic carboxylic acids is 1. The number of ether oxygens (including phenoxy) is 2. The maximum atomic E-state index is 13.5. The van der Waals surface area contributed by atoms with Gasteiger partial charge < -0.3 is 20.3 Å². The number of fused-ring (bicyclic) bond motifs is 2. The highest BCUT2D eigenvalue weighted by Gasteiger charge is 2.70. The quantitative estimate of drug-likeness (QED) is 0.190. The summed E-state index contributed by atoms with van der Waals surface area (Å²) >= 11 is 0. The predicted molar refractivity (Wildman–Crippen MR) is 192 cm³/mol. The molecule has 0 amide bonds. The van der Waals surface area contributed by atoms with Crippen LogP contribution in [0.3, 0.4) is 0 Å². The van der Waals surface area contributed by atoms with Crippen molar-refractivity contribution in [1.29, 1.82) is 0 Å². The number of rotatable bonds is 10. The van der Waals surface area contributed by atoms with Crippen molar-refractivity contribution in [3.05, 3.63) is 17.0 Å². The number of aromatic nitrogens is 4. The lowest BCUT2D eigenvalue weighted by atomic mass is 9.36. The number of tetrazole rings is 1. The van der Waals surface area contributed by atoms with E-state index in [0.717, 1.165) is 38.5 Å². The van der Waals surface area contributed by atoms with Gasteiger partial charge in [0, 0.05) is 22.8 Å². The monoisotopic (exact) mass is 695 g/mol. The van der Waals surface area contributed by atoms with Crippen molar-refractivity contribution in [2.24, 2.45) is 62.4 Å². The molecule has 3 fully saturated rings. The lowest BCUT2D eigenvalue weighted by Gasteiger charge is -2.69. The maximum Gasteiger partial charge on any atom is 0.307 e. The zero-order chi connectivity index (χ0) is 36.8. The van der Waals surface area contributed by atoms with E-state index in [1.165, 1.54) is 11.1 Å². The molecule has 0 unspecified atom stereocenters. The summed E-state index contributed by atoms with van der Waals surface area (Å²) in [6.07, 6.45) is 6.31. The lowest BCUT2D eigenvalue weighted by molar-refractivity contribution is -0.243. The first-order valence-electron chi connectivity index (χ1n) is 19.5. The van der Waals surface area contributed by atoms with E-state index in [1.54, 1.807) is 4.80 Å². The Hall–Kier alpha value is -2.17. The molecule has 1 aliphatic heterocycles. The first-order valence-corrected chi connectivity index (χ1v) is 19.5. The van der Waals surface area contributed by atoms with Crippen LogP contribution in [0.5, 0.6) is 0 Å². The SMILES string of the molecule is CCC(=O)c1nnn([C@@H]2C[C@@]34COC[C@](C)([C@@H]3CCC3=C4CC[C@@]4(C)[C@H](C(=O)O)[C@@](C)([C@H](C)C(C)C)CC[C@@]34C)[C@H]2OC[C@](C)(N)C(C)C)n1. The van der Waals surface area contributed by atoms with Crippen molar-refractivity contribution in [3.63, 3.8) is 0 Å². The summed E-state index contributed by atoms with van der Waals surface area (Å²) in [5, 5.41) is 24.5. The second-order valence-corrected chi connectivity index (χ2v) is 19.1. The van der Waals surface area contributed by atoms with Gasteiger partial charge in [0.2, 0.25) is 11.6 Å². The van der Waals surface area contributed by atoms with Gasteiger partial charge in [-0.3, -0.25) is 9.59 Å². The number of hydrogen-bond donors (Lipinski definition) is 2. The predicted octanol–water partition coefficient (Wildman–Crippen LogP) is 7.30. The van der Waals surface area contributed by atoms with E-state index in [2.05, 4.69) is 72.6 Å². The highest BCUT2D eigenvalue weighted by atomic mass is 16.5. The summed E-state index contributed by atoms with van der Waals surface area (Å²) in [5.74, 6) is 0.176. The average molecular weight is 696 g/mol. The first kappa shape index (κ1) is 37.6. The van der Waals surface area contributed by atoms with Crippen LogP contribution in [0.4, 0.5) is 0 Å². The fraction of sp³-hybridized carbons (Fsp3) is 0.875. The molecule has 0 radical (unpaired) electrons. The van der Waals surface area contributed by atoms with E-state index in [1.807, 2.05) is 13.8 Å². The Morgan fingerprint density at radius 3 is 2.38 bits per heavy atom. The van der Waals surface area contributed by atoms with Crippen LogP contribution in [0.25, 0.3) is 0 Å². The fourth-order valence-corrected chi connectivity index (χ4v) is 12.1. The van der Waals surface area contributed by atoms with Gasteiger partial charge in [0.25, 0.3) is 0 Å². The molecule has 4 aliphatic carbocycles. The number of allylic oxidation sites excluding steroid dienone is 1. The maximum absolute atomic E-state index is 13.5. The molecular weight excluding hydrogens is 630 g/mol. The highest BCUT2D eigenvalue weighted by molar-refractivity contribution is 5.91. The van der Waals surface area contributed by atoms with Crippen LogP contribution >= 0.6 is 0 Å².